The Balaban J connectivity index is 2.78. The fourth-order valence-electron chi connectivity index (χ4n) is 1.10. The molecule has 0 saturated carbocycles. The molecule has 0 aromatic carbocycles. The fraction of sp³-hybridized carbons (Fsp3) is 0.556. The molecule has 0 atom stereocenters. The summed E-state index contributed by atoms with van der Waals surface area (Å²) >= 11 is 0. The first-order valence-electron chi connectivity index (χ1n) is 4.57. The van der Waals surface area contributed by atoms with Crippen molar-refractivity contribution in [3.63, 3.8) is 0 Å². The third-order valence-corrected chi connectivity index (χ3v) is 1.64. The van der Waals surface area contributed by atoms with Gasteiger partial charge >= 0.3 is 0 Å². The van der Waals surface area contributed by atoms with Crippen LogP contribution in [-0.2, 0) is 17.9 Å². The van der Waals surface area contributed by atoms with Gasteiger partial charge in [0.25, 0.3) is 5.56 Å². The highest BCUT2D eigenvalue weighted by Crippen LogP contribution is 1.93. The van der Waals surface area contributed by atoms with E-state index < -0.39 is 0 Å². The van der Waals surface area contributed by atoms with Crippen molar-refractivity contribution in [1.29, 1.82) is 0 Å². The molecule has 1 aromatic rings. The first-order valence-corrected chi connectivity index (χ1v) is 4.57. The lowest BCUT2D eigenvalue weighted by atomic mass is 10.4. The second kappa shape index (κ2) is 5.51. The molecular weight excluding hydrogens is 182 g/mol. The summed E-state index contributed by atoms with van der Waals surface area (Å²) in [6.07, 6.45) is 0. The van der Waals surface area contributed by atoms with Gasteiger partial charge in [-0.25, -0.2) is 4.98 Å². The van der Waals surface area contributed by atoms with Gasteiger partial charge in [0, 0.05) is 19.2 Å². The van der Waals surface area contributed by atoms with Crippen molar-refractivity contribution in [1.82, 2.24) is 15.3 Å². The highest BCUT2D eigenvalue weighted by molar-refractivity contribution is 5.01. The van der Waals surface area contributed by atoms with E-state index in [-0.39, 0.29) is 5.56 Å². The van der Waals surface area contributed by atoms with Crippen molar-refractivity contribution in [2.45, 2.75) is 20.1 Å². The lowest BCUT2D eigenvalue weighted by molar-refractivity contribution is 0.128. The molecule has 1 rings (SSSR count). The molecule has 1 aromatic heterocycles. The molecule has 78 valence electrons. The van der Waals surface area contributed by atoms with Gasteiger partial charge in [-0.1, -0.05) is 0 Å². The van der Waals surface area contributed by atoms with Crippen molar-refractivity contribution in [2.24, 2.45) is 0 Å². The van der Waals surface area contributed by atoms with Crippen molar-refractivity contribution < 1.29 is 4.74 Å². The summed E-state index contributed by atoms with van der Waals surface area (Å²) in [4.78, 5) is 18.0. The summed E-state index contributed by atoms with van der Waals surface area (Å²) in [5.74, 6) is 0.574. The average molecular weight is 197 g/mol. The number of nitrogens with zero attached hydrogens (tertiary/aromatic N) is 1. The lowest BCUT2D eigenvalue weighted by Crippen LogP contribution is -2.17. The zero-order valence-corrected chi connectivity index (χ0v) is 8.46. The molecule has 1 heterocycles. The Morgan fingerprint density at radius 1 is 1.64 bits per heavy atom. The summed E-state index contributed by atoms with van der Waals surface area (Å²) in [5, 5.41) is 2.94. The largest absolute Gasteiger partial charge is 0.374 e. The number of H-pyrrole nitrogens is 1. The standard InChI is InChI=1S/C9H15N3O2/c1-3-14-6-8-11-7(5-10-2)4-9(13)12-8/h4,10H,3,5-6H2,1-2H3,(H,11,12,13). The van der Waals surface area contributed by atoms with Crippen LogP contribution in [0.4, 0.5) is 0 Å². The Labute approximate surface area is 82.5 Å². The Bertz CT molecular complexity index is 335. The smallest absolute Gasteiger partial charge is 0.251 e. The van der Waals surface area contributed by atoms with Gasteiger partial charge in [-0.2, -0.15) is 0 Å². The first kappa shape index (κ1) is 10.9. The molecule has 14 heavy (non-hydrogen) atoms. The van der Waals surface area contributed by atoms with E-state index in [1.165, 1.54) is 6.07 Å². The lowest BCUT2D eigenvalue weighted by Gasteiger charge is -2.03. The van der Waals surface area contributed by atoms with Crippen LogP contribution in [0.25, 0.3) is 0 Å². The van der Waals surface area contributed by atoms with E-state index in [2.05, 4.69) is 15.3 Å². The Morgan fingerprint density at radius 3 is 3.07 bits per heavy atom. The van der Waals surface area contributed by atoms with E-state index in [0.29, 0.717) is 25.6 Å². The zero-order valence-electron chi connectivity index (χ0n) is 8.46. The molecule has 5 nitrogen and oxygen atoms in total. The van der Waals surface area contributed by atoms with Crippen molar-refractivity contribution in [3.05, 3.63) is 27.9 Å². The molecular formula is C9H15N3O2. The number of ether oxygens (including phenoxy) is 1. The van der Waals surface area contributed by atoms with Crippen LogP contribution in [0.2, 0.25) is 0 Å². The maximum atomic E-state index is 11.2. The van der Waals surface area contributed by atoms with E-state index in [9.17, 15) is 4.79 Å². The molecule has 0 fully saturated rings. The van der Waals surface area contributed by atoms with E-state index in [4.69, 9.17) is 4.74 Å². The van der Waals surface area contributed by atoms with Crippen LogP contribution in [0.1, 0.15) is 18.4 Å². The minimum Gasteiger partial charge on any atom is -0.374 e. The summed E-state index contributed by atoms with van der Waals surface area (Å²) in [6.45, 7) is 3.45. The number of aromatic amines is 1. The van der Waals surface area contributed by atoms with Crippen LogP contribution in [0, 0.1) is 0 Å². The van der Waals surface area contributed by atoms with Gasteiger partial charge < -0.3 is 15.0 Å². The van der Waals surface area contributed by atoms with Crippen molar-refractivity contribution >= 4 is 0 Å². The Morgan fingerprint density at radius 2 is 2.43 bits per heavy atom. The second-order valence-corrected chi connectivity index (χ2v) is 2.85. The van der Waals surface area contributed by atoms with Gasteiger partial charge in [-0.05, 0) is 14.0 Å². The van der Waals surface area contributed by atoms with Crippen LogP contribution < -0.4 is 10.9 Å². The molecule has 0 amide bonds. The molecule has 0 radical (unpaired) electrons. The molecule has 2 N–H and O–H groups in total. The molecule has 0 spiro atoms. The second-order valence-electron chi connectivity index (χ2n) is 2.85. The van der Waals surface area contributed by atoms with E-state index in [0.717, 1.165) is 5.69 Å². The van der Waals surface area contributed by atoms with E-state index in [1.54, 1.807) is 0 Å². The predicted molar refractivity (Wildman–Crippen MR) is 53.0 cm³/mol. The molecule has 0 unspecified atom stereocenters. The van der Waals surface area contributed by atoms with Crippen LogP contribution in [-0.4, -0.2) is 23.6 Å². The predicted octanol–water partition coefficient (Wildman–Crippen LogP) is 0.0258. The van der Waals surface area contributed by atoms with Crippen LogP contribution in [0.15, 0.2) is 10.9 Å². The van der Waals surface area contributed by atoms with Gasteiger partial charge in [0.2, 0.25) is 0 Å². The maximum Gasteiger partial charge on any atom is 0.251 e. The van der Waals surface area contributed by atoms with Gasteiger partial charge in [-0.3, -0.25) is 4.79 Å². The molecule has 5 heteroatoms. The molecule has 0 aliphatic rings. The van der Waals surface area contributed by atoms with Crippen LogP contribution >= 0.6 is 0 Å². The summed E-state index contributed by atoms with van der Waals surface area (Å²) in [6, 6.07) is 1.48. The highest BCUT2D eigenvalue weighted by Gasteiger charge is 2.00. The fourth-order valence-corrected chi connectivity index (χ4v) is 1.10. The number of hydrogen-bond acceptors (Lipinski definition) is 4. The van der Waals surface area contributed by atoms with Crippen molar-refractivity contribution in [3.8, 4) is 0 Å². The molecule has 0 aliphatic carbocycles. The van der Waals surface area contributed by atoms with Gasteiger partial charge in [0.05, 0.1) is 5.69 Å². The molecule has 0 saturated heterocycles. The summed E-state index contributed by atoms with van der Waals surface area (Å²) < 4.78 is 5.15. The van der Waals surface area contributed by atoms with E-state index >= 15 is 0 Å². The van der Waals surface area contributed by atoms with Crippen LogP contribution in [0.5, 0.6) is 0 Å². The first-order chi connectivity index (χ1) is 6.76. The van der Waals surface area contributed by atoms with Gasteiger partial charge in [0.15, 0.2) is 0 Å². The number of aromatic nitrogens is 2. The molecule has 0 aliphatic heterocycles. The van der Waals surface area contributed by atoms with E-state index in [1.807, 2.05) is 14.0 Å². The third kappa shape index (κ3) is 3.27. The number of rotatable bonds is 5. The summed E-state index contributed by atoms with van der Waals surface area (Å²) in [7, 11) is 1.81. The maximum absolute atomic E-state index is 11.2. The van der Waals surface area contributed by atoms with Gasteiger partial charge in [0.1, 0.15) is 12.4 Å². The minimum atomic E-state index is -0.139. The zero-order chi connectivity index (χ0) is 10.4. The number of hydrogen-bond donors (Lipinski definition) is 2. The third-order valence-electron chi connectivity index (χ3n) is 1.64. The normalized spacial score (nSPS) is 10.4. The minimum absolute atomic E-state index is 0.139. The van der Waals surface area contributed by atoms with Crippen molar-refractivity contribution in [2.75, 3.05) is 13.7 Å². The average Bonchev–Trinajstić information content (AvgIpc) is 2.14. The number of nitrogens with one attached hydrogen (secondary N) is 2. The Hall–Kier alpha value is -1.20. The Kier molecular flexibility index (Phi) is 4.28. The monoisotopic (exact) mass is 197 g/mol. The SMILES string of the molecule is CCOCc1nc(CNC)cc(=O)[nH]1. The molecule has 0 bridgehead atoms. The topological polar surface area (TPSA) is 67.0 Å². The summed E-state index contributed by atoms with van der Waals surface area (Å²) in [5.41, 5.74) is 0.589. The highest BCUT2D eigenvalue weighted by atomic mass is 16.5. The van der Waals surface area contributed by atoms with Gasteiger partial charge in [-0.15, -0.1) is 0 Å². The quantitative estimate of drug-likeness (QED) is 0.698. The van der Waals surface area contributed by atoms with Crippen LogP contribution in [0.3, 0.4) is 0 Å².